The maximum absolute atomic E-state index is 12.5. The molecule has 1 aromatic rings. The number of alkyl halides is 2. The van der Waals surface area contributed by atoms with E-state index in [1.807, 2.05) is 6.07 Å². The fourth-order valence-electron chi connectivity index (χ4n) is 4.03. The standard InChI is InChI=1S/C19H30F2N4O/c1-14(2)23-9-11-25(12-10-23)15-5-7-24(8-6-15)16-3-4-17(22)18(13-16)26-19(20)21/h3-4,13-15,19H,5-12,22H2,1-2H3. The lowest BCUT2D eigenvalue weighted by Crippen LogP contribution is -2.54. The summed E-state index contributed by atoms with van der Waals surface area (Å²) in [5.41, 5.74) is 6.88. The molecular weight excluding hydrogens is 338 g/mol. The smallest absolute Gasteiger partial charge is 0.387 e. The molecule has 0 amide bonds. The third-order valence-electron chi connectivity index (χ3n) is 5.64. The lowest BCUT2D eigenvalue weighted by molar-refractivity contribution is -0.0493. The highest BCUT2D eigenvalue weighted by atomic mass is 19.3. The lowest BCUT2D eigenvalue weighted by Gasteiger charge is -2.44. The fraction of sp³-hybridized carbons (Fsp3) is 0.684. The molecular formula is C19H30F2N4O. The van der Waals surface area contributed by atoms with Crippen LogP contribution in [0.2, 0.25) is 0 Å². The Balaban J connectivity index is 1.54. The molecule has 0 spiro atoms. The second-order valence-corrected chi connectivity index (χ2v) is 7.48. The van der Waals surface area contributed by atoms with Crippen molar-refractivity contribution >= 4 is 11.4 Å². The number of nitrogens with two attached hydrogens (primary N) is 1. The van der Waals surface area contributed by atoms with E-state index in [0.29, 0.717) is 12.1 Å². The van der Waals surface area contributed by atoms with Crippen LogP contribution in [0.5, 0.6) is 5.75 Å². The molecule has 2 aliphatic heterocycles. The summed E-state index contributed by atoms with van der Waals surface area (Å²) in [7, 11) is 0. The monoisotopic (exact) mass is 368 g/mol. The number of nitrogens with zero attached hydrogens (tertiary/aromatic N) is 3. The van der Waals surface area contributed by atoms with Crippen LogP contribution in [-0.4, -0.2) is 67.8 Å². The summed E-state index contributed by atoms with van der Waals surface area (Å²) in [4.78, 5) is 7.38. The molecule has 7 heteroatoms. The maximum Gasteiger partial charge on any atom is 0.387 e. The Hall–Kier alpha value is -1.60. The van der Waals surface area contributed by atoms with Crippen molar-refractivity contribution in [2.24, 2.45) is 0 Å². The van der Waals surface area contributed by atoms with Crippen molar-refractivity contribution in [3.63, 3.8) is 0 Å². The van der Waals surface area contributed by atoms with Crippen molar-refractivity contribution in [1.29, 1.82) is 0 Å². The number of benzene rings is 1. The van der Waals surface area contributed by atoms with E-state index in [9.17, 15) is 8.78 Å². The van der Waals surface area contributed by atoms with Crippen molar-refractivity contribution in [2.45, 2.75) is 45.4 Å². The van der Waals surface area contributed by atoms with Crippen molar-refractivity contribution in [3.8, 4) is 5.75 Å². The van der Waals surface area contributed by atoms with Crippen LogP contribution in [0.25, 0.3) is 0 Å². The van der Waals surface area contributed by atoms with E-state index in [0.717, 1.165) is 57.8 Å². The van der Waals surface area contributed by atoms with E-state index >= 15 is 0 Å². The molecule has 2 fully saturated rings. The normalized spacial score (nSPS) is 20.9. The van der Waals surface area contributed by atoms with Crippen LogP contribution in [-0.2, 0) is 0 Å². The molecule has 146 valence electrons. The Kier molecular flexibility index (Phi) is 6.19. The molecule has 5 nitrogen and oxygen atoms in total. The number of ether oxygens (including phenoxy) is 1. The van der Waals surface area contributed by atoms with Gasteiger partial charge in [0.05, 0.1) is 5.69 Å². The van der Waals surface area contributed by atoms with E-state index in [2.05, 4.69) is 33.3 Å². The second kappa shape index (κ2) is 8.39. The number of piperidine rings is 1. The van der Waals surface area contributed by atoms with Gasteiger partial charge in [-0.2, -0.15) is 8.78 Å². The third kappa shape index (κ3) is 4.57. The summed E-state index contributed by atoms with van der Waals surface area (Å²) < 4.78 is 29.5. The molecule has 3 rings (SSSR count). The molecule has 2 saturated heterocycles. The van der Waals surface area contributed by atoms with Crippen molar-refractivity contribution in [2.75, 3.05) is 49.9 Å². The minimum absolute atomic E-state index is 0.0597. The molecule has 2 heterocycles. The van der Waals surface area contributed by atoms with Gasteiger partial charge in [0.2, 0.25) is 0 Å². The first-order valence-corrected chi connectivity index (χ1v) is 9.51. The SMILES string of the molecule is CC(C)N1CCN(C2CCN(c3ccc(N)c(OC(F)F)c3)CC2)CC1. The average Bonchev–Trinajstić information content (AvgIpc) is 2.63. The zero-order valence-corrected chi connectivity index (χ0v) is 15.7. The molecule has 0 saturated carbocycles. The van der Waals surface area contributed by atoms with Gasteiger partial charge in [0.1, 0.15) is 0 Å². The summed E-state index contributed by atoms with van der Waals surface area (Å²) in [5, 5.41) is 0. The summed E-state index contributed by atoms with van der Waals surface area (Å²) >= 11 is 0. The summed E-state index contributed by atoms with van der Waals surface area (Å²) in [6.07, 6.45) is 2.19. The highest BCUT2D eigenvalue weighted by Crippen LogP contribution is 2.31. The molecule has 0 aromatic heterocycles. The number of hydrogen-bond donors (Lipinski definition) is 1. The number of rotatable bonds is 5. The van der Waals surface area contributed by atoms with Crippen molar-refractivity contribution in [1.82, 2.24) is 9.80 Å². The van der Waals surface area contributed by atoms with Gasteiger partial charge in [-0.05, 0) is 38.8 Å². The minimum Gasteiger partial charge on any atom is -0.433 e. The average molecular weight is 368 g/mol. The number of hydrogen-bond acceptors (Lipinski definition) is 5. The number of anilines is 2. The van der Waals surface area contributed by atoms with Gasteiger partial charge in [-0.3, -0.25) is 9.80 Å². The molecule has 0 atom stereocenters. The fourth-order valence-corrected chi connectivity index (χ4v) is 4.03. The molecule has 26 heavy (non-hydrogen) atoms. The van der Waals surface area contributed by atoms with E-state index in [4.69, 9.17) is 5.73 Å². The Labute approximate surface area is 154 Å². The molecule has 2 aliphatic rings. The first-order chi connectivity index (χ1) is 12.4. The van der Waals surface area contributed by atoms with Gasteiger partial charge in [-0.25, -0.2) is 0 Å². The van der Waals surface area contributed by atoms with Crippen LogP contribution in [0.4, 0.5) is 20.2 Å². The van der Waals surface area contributed by atoms with Gasteiger partial charge in [0, 0.05) is 63.1 Å². The number of piperazine rings is 1. The quantitative estimate of drug-likeness (QED) is 0.810. The Morgan fingerprint density at radius 3 is 2.27 bits per heavy atom. The number of halogens is 2. The molecule has 0 radical (unpaired) electrons. The van der Waals surface area contributed by atoms with Gasteiger partial charge in [-0.15, -0.1) is 0 Å². The lowest BCUT2D eigenvalue weighted by atomic mass is 10.0. The van der Waals surface area contributed by atoms with E-state index in [1.165, 1.54) is 0 Å². The van der Waals surface area contributed by atoms with Crippen LogP contribution >= 0.6 is 0 Å². The minimum atomic E-state index is -2.86. The first-order valence-electron chi connectivity index (χ1n) is 9.51. The van der Waals surface area contributed by atoms with E-state index in [-0.39, 0.29) is 11.4 Å². The predicted molar refractivity (Wildman–Crippen MR) is 101 cm³/mol. The topological polar surface area (TPSA) is 45.0 Å². The van der Waals surface area contributed by atoms with Crippen molar-refractivity contribution < 1.29 is 13.5 Å². The zero-order valence-electron chi connectivity index (χ0n) is 15.7. The van der Waals surface area contributed by atoms with Gasteiger partial charge in [0.15, 0.2) is 5.75 Å². The Bertz CT molecular complexity index is 583. The molecule has 0 unspecified atom stereocenters. The van der Waals surface area contributed by atoms with Gasteiger partial charge < -0.3 is 15.4 Å². The van der Waals surface area contributed by atoms with Crippen LogP contribution < -0.4 is 15.4 Å². The summed E-state index contributed by atoms with van der Waals surface area (Å²) in [6, 6.07) is 6.39. The summed E-state index contributed by atoms with van der Waals surface area (Å²) in [5.74, 6) is 0.0597. The van der Waals surface area contributed by atoms with Crippen LogP contribution in [0.3, 0.4) is 0 Å². The van der Waals surface area contributed by atoms with E-state index < -0.39 is 6.61 Å². The first kappa shape index (κ1) is 19.2. The van der Waals surface area contributed by atoms with Gasteiger partial charge in [0.25, 0.3) is 0 Å². The van der Waals surface area contributed by atoms with Gasteiger partial charge >= 0.3 is 6.61 Å². The van der Waals surface area contributed by atoms with Crippen molar-refractivity contribution in [3.05, 3.63) is 18.2 Å². The molecule has 2 N–H and O–H groups in total. The number of nitrogen functional groups attached to an aromatic ring is 1. The molecule has 0 aliphatic carbocycles. The highest BCUT2D eigenvalue weighted by Gasteiger charge is 2.28. The van der Waals surface area contributed by atoms with Crippen LogP contribution in [0.1, 0.15) is 26.7 Å². The molecule has 0 bridgehead atoms. The van der Waals surface area contributed by atoms with E-state index in [1.54, 1.807) is 12.1 Å². The maximum atomic E-state index is 12.5. The van der Waals surface area contributed by atoms with Crippen LogP contribution in [0.15, 0.2) is 18.2 Å². The molecule has 1 aromatic carbocycles. The zero-order chi connectivity index (χ0) is 18.7. The largest absolute Gasteiger partial charge is 0.433 e. The predicted octanol–water partition coefficient (Wildman–Crippen LogP) is 2.87. The highest BCUT2D eigenvalue weighted by molar-refractivity contribution is 5.62. The Morgan fingerprint density at radius 1 is 1.04 bits per heavy atom. The van der Waals surface area contributed by atoms with Crippen LogP contribution in [0, 0.1) is 0 Å². The third-order valence-corrected chi connectivity index (χ3v) is 5.64. The second-order valence-electron chi connectivity index (χ2n) is 7.48. The summed E-state index contributed by atoms with van der Waals surface area (Å²) in [6.45, 7) is 8.06. The van der Waals surface area contributed by atoms with Gasteiger partial charge in [-0.1, -0.05) is 0 Å². The Morgan fingerprint density at radius 2 is 1.69 bits per heavy atom.